The summed E-state index contributed by atoms with van der Waals surface area (Å²) in [5.41, 5.74) is 0. The molecule has 0 radical (unpaired) electrons. The predicted molar refractivity (Wildman–Crippen MR) is 15.9 cm³/mol. The molecule has 0 saturated heterocycles. The normalized spacial score (nSPS) is 3.33. The zero-order valence-corrected chi connectivity index (χ0v) is 5.50. The molecule has 0 N–H and O–H groups in total. The fourth-order valence-corrected chi connectivity index (χ4v) is 0. The number of rotatable bonds is 1. The van der Waals surface area contributed by atoms with Crippen molar-refractivity contribution in [2.75, 3.05) is 0 Å². The first-order chi connectivity index (χ1) is 1.91. The third-order valence-corrected chi connectivity index (χ3v) is 0.0833. The van der Waals surface area contributed by atoms with Crippen LogP contribution in [0.15, 0.2) is 12.7 Å². The van der Waals surface area contributed by atoms with Crippen molar-refractivity contribution in [2.24, 2.45) is 0 Å². The van der Waals surface area contributed by atoms with Crippen LogP contribution in [0.4, 0.5) is 0 Å². The molecule has 0 spiro atoms. The molecule has 0 bridgehead atoms. The van der Waals surface area contributed by atoms with Gasteiger partial charge in [0.1, 0.15) is 0 Å². The average molecular weight is 166 g/mol. The van der Waals surface area contributed by atoms with Crippen molar-refractivity contribution >= 4 is 6.29 Å². The minimum Gasteiger partial charge on any atom is -0.419 e. The van der Waals surface area contributed by atoms with Gasteiger partial charge < -0.3 is 4.79 Å². The zero-order valence-electron chi connectivity index (χ0n) is 2.99. The number of carbonyl (C=O) groups excluding carboxylic acids is 1. The Morgan fingerprint density at radius 3 is 1.83 bits per heavy atom. The van der Waals surface area contributed by atoms with E-state index in [9.17, 15) is 0 Å². The molecule has 0 amide bonds. The Hall–Kier alpha value is 0.644. The summed E-state index contributed by atoms with van der Waals surface area (Å²) in [6.07, 6.45) is 2.51. The van der Waals surface area contributed by atoms with Gasteiger partial charge in [0.15, 0.2) is 0 Å². The Bertz CT molecular complexity index is 31.8. The average Bonchev–Trinajstić information content (AvgIpc) is 1.37. The molecule has 36 valence electrons. The van der Waals surface area contributed by atoms with Crippen molar-refractivity contribution < 1.29 is 43.6 Å². The van der Waals surface area contributed by atoms with E-state index < -0.39 is 0 Å². The van der Waals surface area contributed by atoms with Crippen molar-refractivity contribution in [2.45, 2.75) is 0 Å². The molecule has 0 rings (SSSR count). The second-order valence-electron chi connectivity index (χ2n) is 0.322. The molecule has 1 nitrogen and oxygen atoms in total. The molecule has 0 fully saturated rings. The van der Waals surface area contributed by atoms with Gasteiger partial charge in [-0.25, -0.2) is 12.7 Å². The van der Waals surface area contributed by atoms with E-state index in [1.807, 2.05) is 0 Å². The largest absolute Gasteiger partial charge is 1.00 e. The molecule has 0 unspecified atom stereocenters. The minimum atomic E-state index is 0. The summed E-state index contributed by atoms with van der Waals surface area (Å²) in [4.78, 5) is 8.93. The molecule has 0 aliphatic carbocycles. The van der Waals surface area contributed by atoms with Crippen molar-refractivity contribution in [1.82, 2.24) is 0 Å². The molecule has 0 aromatic carbocycles. The van der Waals surface area contributed by atoms with Crippen molar-refractivity contribution in [3.05, 3.63) is 12.7 Å². The predicted octanol–water partition coefficient (Wildman–Crippen LogP) is 0.277. The van der Waals surface area contributed by atoms with Crippen LogP contribution >= 0.6 is 0 Å². The Balaban J connectivity index is -0.0000000450. The van der Waals surface area contributed by atoms with Crippen LogP contribution in [-0.2, 0) is 43.6 Å². The number of hydrogen-bond donors (Lipinski definition) is 0. The summed E-state index contributed by atoms with van der Waals surface area (Å²) in [6, 6.07) is 0. The number of allylic oxidation sites excluding steroid dienone is 1. The molecule has 0 aromatic rings. The first-order valence-corrected chi connectivity index (χ1v) is 0.901. The first kappa shape index (κ1) is 15.9. The Labute approximate surface area is 62.5 Å². The van der Waals surface area contributed by atoms with E-state index in [2.05, 4.69) is 6.58 Å². The zero-order chi connectivity index (χ0) is 3.41. The maximum absolute atomic E-state index is 8.93. The van der Waals surface area contributed by atoms with Crippen molar-refractivity contribution in [3.63, 3.8) is 0 Å². The maximum atomic E-state index is 8.93. The molecule has 0 saturated carbocycles. The summed E-state index contributed by atoms with van der Waals surface area (Å²) in [5.74, 6) is 0. The quantitative estimate of drug-likeness (QED) is 0.311. The van der Waals surface area contributed by atoms with Crippen LogP contribution < -0.4 is 0 Å². The van der Waals surface area contributed by atoms with Gasteiger partial charge in [0.25, 0.3) is 0 Å². The van der Waals surface area contributed by atoms with Gasteiger partial charge in [0, 0.05) is 21.7 Å². The summed E-state index contributed by atoms with van der Waals surface area (Å²) in [6.45, 7) is 3.06. The van der Waals surface area contributed by atoms with Gasteiger partial charge in [0.05, 0.1) is 0 Å². The molecule has 0 heterocycles. The second-order valence-corrected chi connectivity index (χ2v) is 0.322. The molecule has 3 heteroatoms. The van der Waals surface area contributed by atoms with Crippen LogP contribution in [0.2, 0.25) is 0 Å². The first-order valence-electron chi connectivity index (χ1n) is 0.901. The molecule has 0 atom stereocenters. The third-order valence-electron chi connectivity index (χ3n) is 0.0833. The molecule has 0 aromatic heterocycles. The molecule has 0 aliphatic rings. The van der Waals surface area contributed by atoms with Gasteiger partial charge in [-0.15, -0.1) is 0 Å². The van der Waals surface area contributed by atoms with Gasteiger partial charge in [-0.1, -0.05) is 0 Å². The van der Waals surface area contributed by atoms with Gasteiger partial charge >= 0.3 is 17.1 Å². The summed E-state index contributed by atoms with van der Waals surface area (Å²) in [5, 5.41) is 0. The van der Waals surface area contributed by atoms with Crippen LogP contribution in [0, 0.1) is 0 Å². The Morgan fingerprint density at radius 1 is 1.67 bits per heavy atom. The minimum absolute atomic E-state index is 0. The van der Waals surface area contributed by atoms with E-state index in [4.69, 9.17) is 4.79 Å². The monoisotopic (exact) mass is 166 g/mol. The van der Waals surface area contributed by atoms with Crippen LogP contribution in [-0.4, -0.2) is 6.29 Å². The van der Waals surface area contributed by atoms with E-state index in [1.54, 1.807) is 0 Å². The summed E-state index contributed by atoms with van der Waals surface area (Å²) < 4.78 is 0. The SMILES string of the molecule is C=C[C-]=O.[Cu+].[Ti]. The van der Waals surface area contributed by atoms with Gasteiger partial charge in [-0.05, 0) is 6.29 Å². The van der Waals surface area contributed by atoms with E-state index in [0.29, 0.717) is 0 Å². The summed E-state index contributed by atoms with van der Waals surface area (Å²) >= 11 is 0. The van der Waals surface area contributed by atoms with Crippen LogP contribution in [0.5, 0.6) is 0 Å². The number of hydrogen-bond acceptors (Lipinski definition) is 1. The second kappa shape index (κ2) is 17.4. The Morgan fingerprint density at radius 2 is 1.83 bits per heavy atom. The van der Waals surface area contributed by atoms with E-state index in [1.165, 1.54) is 6.29 Å². The smallest absolute Gasteiger partial charge is 0.419 e. The van der Waals surface area contributed by atoms with Crippen LogP contribution in [0.25, 0.3) is 0 Å². The van der Waals surface area contributed by atoms with E-state index in [0.717, 1.165) is 6.08 Å². The topological polar surface area (TPSA) is 17.1 Å². The summed E-state index contributed by atoms with van der Waals surface area (Å²) in [7, 11) is 0. The fraction of sp³-hybridized carbons (Fsp3) is 0. The molecule has 6 heavy (non-hydrogen) atoms. The van der Waals surface area contributed by atoms with Gasteiger partial charge in [-0.3, -0.25) is 0 Å². The molecule has 0 aliphatic heterocycles. The van der Waals surface area contributed by atoms with Crippen LogP contribution in [0.3, 0.4) is 0 Å². The van der Waals surface area contributed by atoms with Crippen molar-refractivity contribution in [3.8, 4) is 0 Å². The molecular weight excluding hydrogens is 163 g/mol. The van der Waals surface area contributed by atoms with Gasteiger partial charge in [0.2, 0.25) is 0 Å². The third kappa shape index (κ3) is 22.8. The fourth-order valence-electron chi connectivity index (χ4n) is 0. The van der Waals surface area contributed by atoms with Crippen LogP contribution in [0.1, 0.15) is 0 Å². The standard InChI is InChI=1S/C3H3O.Cu.Ti/c1-2-3-4;;/h2H,1H2;;/q-1;+1;. The van der Waals surface area contributed by atoms with E-state index >= 15 is 0 Å². The molecular formula is C3H3CuOTi. The van der Waals surface area contributed by atoms with E-state index in [-0.39, 0.29) is 38.8 Å². The van der Waals surface area contributed by atoms with Crippen molar-refractivity contribution in [1.29, 1.82) is 0 Å². The maximum Gasteiger partial charge on any atom is 1.00 e. The Kier molecular flexibility index (Phi) is 46.3. The van der Waals surface area contributed by atoms with Gasteiger partial charge in [-0.2, -0.15) is 0 Å².